The lowest BCUT2D eigenvalue weighted by molar-refractivity contribution is -0.152. The van der Waals surface area contributed by atoms with Crippen molar-refractivity contribution in [1.29, 1.82) is 0 Å². The van der Waals surface area contributed by atoms with Gasteiger partial charge in [-0.2, -0.15) is 0 Å². The Morgan fingerprint density at radius 2 is 2.12 bits per heavy atom. The van der Waals surface area contributed by atoms with Crippen LogP contribution in [0.3, 0.4) is 0 Å². The summed E-state index contributed by atoms with van der Waals surface area (Å²) in [5.74, 6) is -0.00222. The Labute approximate surface area is 95.0 Å². The summed E-state index contributed by atoms with van der Waals surface area (Å²) >= 11 is 0. The van der Waals surface area contributed by atoms with Crippen molar-refractivity contribution < 1.29 is 9.53 Å². The molecule has 1 aromatic carbocycles. The van der Waals surface area contributed by atoms with Crippen LogP contribution in [0.5, 0.6) is 0 Å². The summed E-state index contributed by atoms with van der Waals surface area (Å²) in [6, 6.07) is 9.94. The summed E-state index contributed by atoms with van der Waals surface area (Å²) in [7, 11) is 0. The minimum atomic E-state index is -0.461. The second-order valence-electron chi connectivity index (χ2n) is 3.84. The lowest BCUT2D eigenvalue weighted by Gasteiger charge is -2.31. The van der Waals surface area contributed by atoms with Crippen molar-refractivity contribution >= 4 is 5.91 Å². The van der Waals surface area contributed by atoms with Crippen LogP contribution >= 0.6 is 0 Å². The monoisotopic (exact) mass is 220 g/mol. The first-order valence-electron chi connectivity index (χ1n) is 5.45. The van der Waals surface area contributed by atoms with Crippen molar-refractivity contribution in [2.24, 2.45) is 5.73 Å². The number of nitrogens with two attached hydrogens (primary N) is 1. The van der Waals surface area contributed by atoms with E-state index >= 15 is 0 Å². The van der Waals surface area contributed by atoms with Crippen LogP contribution in [0.4, 0.5) is 0 Å². The Balaban J connectivity index is 2.02. The molecular weight excluding hydrogens is 204 g/mol. The first-order valence-corrected chi connectivity index (χ1v) is 5.45. The molecule has 4 nitrogen and oxygen atoms in total. The van der Waals surface area contributed by atoms with Gasteiger partial charge in [0.1, 0.15) is 6.10 Å². The molecule has 0 aliphatic carbocycles. The van der Waals surface area contributed by atoms with Crippen molar-refractivity contribution in [2.75, 3.05) is 19.7 Å². The minimum absolute atomic E-state index is 0.00222. The Bertz CT molecular complexity index is 353. The Morgan fingerprint density at radius 1 is 1.38 bits per heavy atom. The fourth-order valence-electron chi connectivity index (χ4n) is 1.82. The van der Waals surface area contributed by atoms with Gasteiger partial charge in [-0.1, -0.05) is 30.3 Å². The van der Waals surface area contributed by atoms with Gasteiger partial charge in [-0.25, -0.2) is 0 Å². The highest BCUT2D eigenvalue weighted by atomic mass is 16.5. The van der Waals surface area contributed by atoms with E-state index in [0.717, 1.165) is 5.56 Å². The molecule has 2 N–H and O–H groups in total. The quantitative estimate of drug-likeness (QED) is 0.801. The van der Waals surface area contributed by atoms with Gasteiger partial charge in [0.2, 0.25) is 0 Å². The minimum Gasteiger partial charge on any atom is -0.365 e. The third-order valence-electron chi connectivity index (χ3n) is 2.70. The highest BCUT2D eigenvalue weighted by molar-refractivity contribution is 5.81. The average Bonchev–Trinajstić information content (AvgIpc) is 2.33. The first kappa shape index (κ1) is 11.1. The van der Waals surface area contributed by atoms with Gasteiger partial charge in [0.05, 0.1) is 6.61 Å². The van der Waals surface area contributed by atoms with E-state index in [1.165, 1.54) is 0 Å². The van der Waals surface area contributed by atoms with Gasteiger partial charge in [0.15, 0.2) is 0 Å². The van der Waals surface area contributed by atoms with E-state index in [1.54, 1.807) is 4.90 Å². The Kier molecular flexibility index (Phi) is 3.54. The lowest BCUT2D eigenvalue weighted by Crippen LogP contribution is -2.50. The predicted molar refractivity (Wildman–Crippen MR) is 60.7 cm³/mol. The van der Waals surface area contributed by atoms with Crippen molar-refractivity contribution in [3.8, 4) is 0 Å². The molecule has 1 atom stereocenters. The summed E-state index contributed by atoms with van der Waals surface area (Å²) < 4.78 is 5.29. The summed E-state index contributed by atoms with van der Waals surface area (Å²) in [6.45, 7) is 2.11. The van der Waals surface area contributed by atoms with E-state index in [4.69, 9.17) is 10.5 Å². The van der Waals surface area contributed by atoms with Gasteiger partial charge in [-0.3, -0.25) is 4.79 Å². The van der Waals surface area contributed by atoms with E-state index in [2.05, 4.69) is 0 Å². The van der Waals surface area contributed by atoms with Crippen molar-refractivity contribution in [3.63, 3.8) is 0 Å². The predicted octanol–water partition coefficient (Wildman–Crippen LogP) is 0.373. The molecule has 4 heteroatoms. The molecule has 1 fully saturated rings. The maximum atomic E-state index is 11.9. The number of nitrogens with zero attached hydrogens (tertiary/aromatic N) is 1. The van der Waals surface area contributed by atoms with Crippen LogP contribution < -0.4 is 5.73 Å². The van der Waals surface area contributed by atoms with Gasteiger partial charge in [0.25, 0.3) is 5.91 Å². The van der Waals surface area contributed by atoms with Crippen LogP contribution in [0, 0.1) is 0 Å². The van der Waals surface area contributed by atoms with Crippen molar-refractivity contribution in [1.82, 2.24) is 4.90 Å². The van der Waals surface area contributed by atoms with Crippen LogP contribution in [0.15, 0.2) is 30.3 Å². The molecule has 16 heavy (non-hydrogen) atoms. The maximum Gasteiger partial charge on any atom is 0.253 e. The third kappa shape index (κ3) is 2.40. The summed E-state index contributed by atoms with van der Waals surface area (Å²) in [4.78, 5) is 13.7. The van der Waals surface area contributed by atoms with Gasteiger partial charge < -0.3 is 15.4 Å². The average molecular weight is 220 g/mol. The van der Waals surface area contributed by atoms with Gasteiger partial charge in [-0.05, 0) is 5.56 Å². The van der Waals surface area contributed by atoms with Gasteiger partial charge >= 0.3 is 0 Å². The van der Waals surface area contributed by atoms with Crippen molar-refractivity contribution in [2.45, 2.75) is 12.6 Å². The van der Waals surface area contributed by atoms with Crippen LogP contribution in [-0.4, -0.2) is 36.6 Å². The molecule has 1 unspecified atom stereocenters. The number of ether oxygens (including phenoxy) is 1. The molecule has 1 saturated heterocycles. The molecule has 1 heterocycles. The molecule has 2 rings (SSSR count). The normalized spacial score (nSPS) is 21.2. The number of rotatable bonds is 3. The fourth-order valence-corrected chi connectivity index (χ4v) is 1.82. The molecule has 1 aromatic rings. The molecular formula is C12H16N2O2. The molecule has 1 aliphatic rings. The summed E-state index contributed by atoms with van der Waals surface area (Å²) in [6.07, 6.45) is -0.461. The van der Waals surface area contributed by atoms with E-state index < -0.39 is 6.10 Å². The largest absolute Gasteiger partial charge is 0.365 e. The zero-order valence-corrected chi connectivity index (χ0v) is 9.13. The lowest BCUT2D eigenvalue weighted by atomic mass is 10.2. The van der Waals surface area contributed by atoms with Crippen LogP contribution in [0.25, 0.3) is 0 Å². The van der Waals surface area contributed by atoms with Gasteiger partial charge in [-0.15, -0.1) is 0 Å². The highest BCUT2D eigenvalue weighted by Gasteiger charge is 2.28. The Morgan fingerprint density at radius 3 is 2.81 bits per heavy atom. The van der Waals surface area contributed by atoms with Crippen molar-refractivity contribution in [3.05, 3.63) is 35.9 Å². The van der Waals surface area contributed by atoms with Crippen LogP contribution in [-0.2, 0) is 16.1 Å². The third-order valence-corrected chi connectivity index (χ3v) is 2.70. The van der Waals surface area contributed by atoms with Crippen LogP contribution in [0.2, 0.25) is 0 Å². The molecule has 1 aliphatic heterocycles. The number of carbonyl (C=O) groups excluding carboxylic acids is 1. The number of morpholine rings is 1. The number of hydrogen-bond donors (Lipinski definition) is 1. The number of amides is 1. The molecule has 0 spiro atoms. The molecule has 0 saturated carbocycles. The standard InChI is InChI=1S/C12H16N2O2/c13-8-11-12(15)14(6-7-16-11)9-10-4-2-1-3-5-10/h1-5,11H,6-9,13H2. The number of hydrogen-bond acceptors (Lipinski definition) is 3. The fraction of sp³-hybridized carbons (Fsp3) is 0.417. The highest BCUT2D eigenvalue weighted by Crippen LogP contribution is 2.11. The van der Waals surface area contributed by atoms with E-state index in [0.29, 0.717) is 19.7 Å². The molecule has 1 amide bonds. The zero-order valence-electron chi connectivity index (χ0n) is 9.13. The maximum absolute atomic E-state index is 11.9. The second kappa shape index (κ2) is 5.09. The number of benzene rings is 1. The second-order valence-corrected chi connectivity index (χ2v) is 3.84. The molecule has 86 valence electrons. The topological polar surface area (TPSA) is 55.6 Å². The molecule has 0 bridgehead atoms. The SMILES string of the molecule is NCC1OCCN(Cc2ccccc2)C1=O. The van der Waals surface area contributed by atoms with E-state index in [-0.39, 0.29) is 12.5 Å². The van der Waals surface area contributed by atoms with E-state index in [9.17, 15) is 4.79 Å². The summed E-state index contributed by atoms with van der Waals surface area (Å²) in [5, 5.41) is 0. The zero-order chi connectivity index (χ0) is 11.4. The molecule has 0 radical (unpaired) electrons. The molecule has 0 aromatic heterocycles. The smallest absolute Gasteiger partial charge is 0.253 e. The van der Waals surface area contributed by atoms with Gasteiger partial charge in [0, 0.05) is 19.6 Å². The first-order chi connectivity index (χ1) is 7.81. The number of carbonyl (C=O) groups is 1. The Hall–Kier alpha value is -1.39. The summed E-state index contributed by atoms with van der Waals surface area (Å²) in [5.41, 5.74) is 6.61. The van der Waals surface area contributed by atoms with E-state index in [1.807, 2.05) is 30.3 Å². The van der Waals surface area contributed by atoms with Crippen LogP contribution in [0.1, 0.15) is 5.56 Å².